The second kappa shape index (κ2) is 9.05. The Hall–Kier alpha value is -3.68. The van der Waals surface area contributed by atoms with E-state index in [1.165, 1.54) is 0 Å². The summed E-state index contributed by atoms with van der Waals surface area (Å²) in [6.45, 7) is 2.03. The standard InChI is InChI=1S/C25H27N3O5/c1-25(14-13-17-5-11-20(33-2)12-6-17)23(31)28(24(32)26-25)16-21(29)18-7-9-19(10-8-18)27-15-3-4-22(27)30/h5-12H,3-4,13-16H2,1-2H3,(H,26,32). The first-order valence-corrected chi connectivity index (χ1v) is 11.0. The number of carbonyl (C=O) groups is 4. The molecule has 2 aromatic rings. The molecule has 0 aliphatic carbocycles. The van der Waals surface area contributed by atoms with Gasteiger partial charge in [-0.2, -0.15) is 0 Å². The molecule has 8 heteroatoms. The van der Waals surface area contributed by atoms with Crippen LogP contribution < -0.4 is 15.0 Å². The Kier molecular flexibility index (Phi) is 6.18. The lowest BCUT2D eigenvalue weighted by Gasteiger charge is -2.21. The highest BCUT2D eigenvalue weighted by Gasteiger charge is 2.47. The Labute approximate surface area is 192 Å². The molecule has 0 spiro atoms. The van der Waals surface area contributed by atoms with Crippen LogP contribution in [0.3, 0.4) is 0 Å². The smallest absolute Gasteiger partial charge is 0.325 e. The molecule has 1 N–H and O–H groups in total. The number of benzene rings is 2. The first-order chi connectivity index (χ1) is 15.8. The van der Waals surface area contributed by atoms with Gasteiger partial charge in [0, 0.05) is 24.2 Å². The van der Waals surface area contributed by atoms with Crippen LogP contribution in [-0.2, 0) is 16.0 Å². The third-order valence-electron chi connectivity index (χ3n) is 6.29. The summed E-state index contributed by atoms with van der Waals surface area (Å²) < 4.78 is 5.16. The maximum atomic E-state index is 13.0. The summed E-state index contributed by atoms with van der Waals surface area (Å²) in [4.78, 5) is 52.9. The molecule has 4 amide bonds. The van der Waals surface area contributed by atoms with E-state index in [1.54, 1.807) is 43.2 Å². The maximum absolute atomic E-state index is 13.0. The minimum atomic E-state index is -1.07. The summed E-state index contributed by atoms with van der Waals surface area (Å²) in [5.74, 6) is 0.0770. The quantitative estimate of drug-likeness (QED) is 0.494. The Balaban J connectivity index is 1.38. The van der Waals surface area contributed by atoms with Crippen molar-refractivity contribution in [1.29, 1.82) is 0 Å². The van der Waals surface area contributed by atoms with Crippen LogP contribution in [0.2, 0.25) is 0 Å². The molecule has 0 saturated carbocycles. The van der Waals surface area contributed by atoms with Crippen molar-refractivity contribution in [3.05, 3.63) is 59.7 Å². The molecular formula is C25H27N3O5. The molecule has 172 valence electrons. The van der Waals surface area contributed by atoms with Crippen molar-refractivity contribution in [2.75, 3.05) is 25.1 Å². The normalized spacial score (nSPS) is 20.4. The van der Waals surface area contributed by atoms with Gasteiger partial charge in [-0.15, -0.1) is 0 Å². The highest BCUT2D eigenvalue weighted by Crippen LogP contribution is 2.25. The molecule has 33 heavy (non-hydrogen) atoms. The van der Waals surface area contributed by atoms with E-state index in [9.17, 15) is 19.2 Å². The molecule has 2 heterocycles. The number of nitrogens with zero attached hydrogens (tertiary/aromatic N) is 2. The van der Waals surface area contributed by atoms with Crippen LogP contribution in [-0.4, -0.2) is 54.3 Å². The second-order valence-corrected chi connectivity index (χ2v) is 8.62. The number of urea groups is 1. The number of ketones is 1. The van der Waals surface area contributed by atoms with Gasteiger partial charge in [-0.3, -0.25) is 19.3 Å². The van der Waals surface area contributed by atoms with Crippen LogP contribution in [0.4, 0.5) is 10.5 Å². The molecule has 0 aromatic heterocycles. The lowest BCUT2D eigenvalue weighted by Crippen LogP contribution is -2.44. The number of anilines is 1. The largest absolute Gasteiger partial charge is 0.497 e. The molecule has 2 fully saturated rings. The average Bonchev–Trinajstić information content (AvgIpc) is 3.34. The molecule has 0 bridgehead atoms. The van der Waals surface area contributed by atoms with Gasteiger partial charge in [0.2, 0.25) is 5.91 Å². The van der Waals surface area contributed by atoms with Gasteiger partial charge in [0.25, 0.3) is 5.91 Å². The fourth-order valence-corrected chi connectivity index (χ4v) is 4.23. The lowest BCUT2D eigenvalue weighted by molar-refractivity contribution is -0.130. The first-order valence-electron chi connectivity index (χ1n) is 11.0. The van der Waals surface area contributed by atoms with E-state index in [-0.39, 0.29) is 18.2 Å². The highest BCUT2D eigenvalue weighted by atomic mass is 16.5. The molecule has 4 rings (SSSR count). The highest BCUT2D eigenvalue weighted by molar-refractivity contribution is 6.11. The van der Waals surface area contributed by atoms with Crippen molar-refractivity contribution in [1.82, 2.24) is 10.2 Å². The Morgan fingerprint density at radius 1 is 1.06 bits per heavy atom. The SMILES string of the molecule is COc1ccc(CCC2(C)NC(=O)N(CC(=O)c3ccc(N4CCCC4=O)cc3)C2=O)cc1. The monoisotopic (exact) mass is 449 g/mol. The summed E-state index contributed by atoms with van der Waals surface area (Å²) in [6, 6.07) is 13.7. The number of nitrogens with one attached hydrogen (secondary N) is 1. The second-order valence-electron chi connectivity index (χ2n) is 8.62. The predicted molar refractivity (Wildman–Crippen MR) is 122 cm³/mol. The fraction of sp³-hybridized carbons (Fsp3) is 0.360. The van der Waals surface area contributed by atoms with Crippen LogP contribution in [0.15, 0.2) is 48.5 Å². The number of Topliss-reactive ketones (excluding diaryl/α,β-unsaturated/α-hetero) is 1. The molecule has 2 aliphatic rings. The van der Waals surface area contributed by atoms with Gasteiger partial charge in [-0.1, -0.05) is 12.1 Å². The molecule has 2 saturated heterocycles. The van der Waals surface area contributed by atoms with Crippen molar-refractivity contribution >= 4 is 29.3 Å². The van der Waals surface area contributed by atoms with Crippen LogP contribution in [0.25, 0.3) is 0 Å². The lowest BCUT2D eigenvalue weighted by atomic mass is 9.93. The molecule has 2 aliphatic heterocycles. The number of amides is 4. The van der Waals surface area contributed by atoms with Gasteiger partial charge in [0.15, 0.2) is 5.78 Å². The van der Waals surface area contributed by atoms with Gasteiger partial charge in [-0.25, -0.2) is 4.79 Å². The molecular weight excluding hydrogens is 422 g/mol. The van der Waals surface area contributed by atoms with Crippen molar-refractivity contribution in [2.24, 2.45) is 0 Å². The maximum Gasteiger partial charge on any atom is 0.325 e. The van der Waals surface area contributed by atoms with E-state index in [1.807, 2.05) is 24.3 Å². The van der Waals surface area contributed by atoms with Gasteiger partial charge in [-0.05, 0) is 68.1 Å². The van der Waals surface area contributed by atoms with Gasteiger partial charge >= 0.3 is 6.03 Å². The predicted octanol–water partition coefficient (Wildman–Crippen LogP) is 2.95. The van der Waals surface area contributed by atoms with Crippen LogP contribution >= 0.6 is 0 Å². The minimum absolute atomic E-state index is 0.0716. The van der Waals surface area contributed by atoms with Crippen LogP contribution in [0.1, 0.15) is 42.1 Å². The first kappa shape index (κ1) is 22.5. The molecule has 0 radical (unpaired) electrons. The van der Waals surface area contributed by atoms with E-state index in [0.717, 1.165) is 28.3 Å². The van der Waals surface area contributed by atoms with E-state index in [4.69, 9.17) is 4.74 Å². The van der Waals surface area contributed by atoms with E-state index in [2.05, 4.69) is 5.32 Å². The van der Waals surface area contributed by atoms with Crippen molar-refractivity contribution < 1.29 is 23.9 Å². The Bertz CT molecular complexity index is 1080. The zero-order chi connectivity index (χ0) is 23.6. The van der Waals surface area contributed by atoms with Crippen molar-refractivity contribution in [2.45, 2.75) is 38.1 Å². The number of aryl methyl sites for hydroxylation is 1. The Morgan fingerprint density at radius 2 is 1.76 bits per heavy atom. The zero-order valence-corrected chi connectivity index (χ0v) is 18.8. The number of methoxy groups -OCH3 is 1. The van der Waals surface area contributed by atoms with Crippen LogP contribution in [0, 0.1) is 0 Å². The van der Waals surface area contributed by atoms with E-state index in [0.29, 0.717) is 31.4 Å². The number of carbonyl (C=O) groups excluding carboxylic acids is 4. The minimum Gasteiger partial charge on any atom is -0.497 e. The molecule has 1 unspecified atom stereocenters. The summed E-state index contributed by atoms with van der Waals surface area (Å²) >= 11 is 0. The number of hydrogen-bond acceptors (Lipinski definition) is 5. The topological polar surface area (TPSA) is 96.0 Å². The van der Waals surface area contributed by atoms with Gasteiger partial charge in [0.05, 0.1) is 13.7 Å². The number of hydrogen-bond donors (Lipinski definition) is 1. The average molecular weight is 450 g/mol. The van der Waals surface area contributed by atoms with E-state index >= 15 is 0 Å². The third-order valence-corrected chi connectivity index (χ3v) is 6.29. The van der Waals surface area contributed by atoms with E-state index < -0.39 is 17.5 Å². The van der Waals surface area contributed by atoms with Gasteiger partial charge < -0.3 is 15.0 Å². The third kappa shape index (κ3) is 4.60. The summed E-state index contributed by atoms with van der Waals surface area (Å²) in [5.41, 5.74) is 1.08. The summed E-state index contributed by atoms with van der Waals surface area (Å²) in [7, 11) is 1.60. The molecule has 8 nitrogen and oxygen atoms in total. The molecule has 1 atom stereocenters. The summed E-state index contributed by atoms with van der Waals surface area (Å²) in [5, 5.41) is 2.75. The fourth-order valence-electron chi connectivity index (χ4n) is 4.23. The number of imide groups is 1. The van der Waals surface area contributed by atoms with Crippen molar-refractivity contribution in [3.63, 3.8) is 0 Å². The van der Waals surface area contributed by atoms with Crippen molar-refractivity contribution in [3.8, 4) is 5.75 Å². The van der Waals surface area contributed by atoms with Crippen LogP contribution in [0.5, 0.6) is 5.75 Å². The zero-order valence-electron chi connectivity index (χ0n) is 18.8. The number of ether oxygens (including phenoxy) is 1. The summed E-state index contributed by atoms with van der Waals surface area (Å²) in [6.07, 6.45) is 2.35. The molecule has 2 aromatic carbocycles. The van der Waals surface area contributed by atoms with Gasteiger partial charge in [0.1, 0.15) is 11.3 Å². The Morgan fingerprint density at radius 3 is 2.36 bits per heavy atom. The number of rotatable bonds is 8.